The first-order valence-corrected chi connectivity index (χ1v) is 5.74. The number of aliphatic carboxylic acids is 1. The van der Waals surface area contributed by atoms with E-state index in [9.17, 15) is 14.4 Å². The summed E-state index contributed by atoms with van der Waals surface area (Å²) in [6, 6.07) is 4.68. The molecule has 6 nitrogen and oxygen atoms in total. The molecular weight excluding hydrogens is 236 g/mol. The van der Waals surface area contributed by atoms with Crippen molar-refractivity contribution < 1.29 is 14.7 Å². The van der Waals surface area contributed by atoms with Gasteiger partial charge in [-0.2, -0.15) is 0 Å². The zero-order valence-electron chi connectivity index (χ0n) is 9.78. The molecule has 2 heterocycles. The summed E-state index contributed by atoms with van der Waals surface area (Å²) in [5.74, 6) is -1.57. The summed E-state index contributed by atoms with van der Waals surface area (Å²) in [4.78, 5) is 35.6. The molecule has 1 amide bonds. The zero-order valence-corrected chi connectivity index (χ0v) is 9.78. The van der Waals surface area contributed by atoms with E-state index in [2.05, 4.69) is 0 Å². The van der Waals surface area contributed by atoms with Crippen LogP contribution in [0.25, 0.3) is 0 Å². The van der Waals surface area contributed by atoms with E-state index < -0.39 is 11.9 Å². The number of amides is 1. The molecule has 0 bridgehead atoms. The number of likely N-dealkylation sites (tertiary alicyclic amines) is 1. The molecule has 0 aliphatic carbocycles. The normalized spacial score (nSPS) is 18.9. The first kappa shape index (κ1) is 12.3. The Morgan fingerprint density at radius 3 is 2.78 bits per heavy atom. The summed E-state index contributed by atoms with van der Waals surface area (Å²) in [5.41, 5.74) is -0.236. The molecule has 18 heavy (non-hydrogen) atoms. The standard InChI is InChI=1S/C12H14N2O4/c15-10-3-1-2-5-13(10)8-11(16)14-6-4-9(7-14)12(17)18/h1-3,5,9H,4,6-8H2,(H,17,18)/t9-/m1/s1. The number of hydrogen-bond donors (Lipinski definition) is 1. The molecule has 96 valence electrons. The van der Waals surface area contributed by atoms with Crippen LogP contribution >= 0.6 is 0 Å². The average molecular weight is 250 g/mol. The summed E-state index contributed by atoms with van der Waals surface area (Å²) in [6.07, 6.45) is 2.02. The highest BCUT2D eigenvalue weighted by molar-refractivity contribution is 5.78. The summed E-state index contributed by atoms with van der Waals surface area (Å²) in [5, 5.41) is 8.85. The first-order chi connectivity index (χ1) is 8.58. The van der Waals surface area contributed by atoms with Crippen molar-refractivity contribution >= 4 is 11.9 Å². The van der Waals surface area contributed by atoms with Crippen molar-refractivity contribution in [3.8, 4) is 0 Å². The van der Waals surface area contributed by atoms with Crippen LogP contribution < -0.4 is 5.56 Å². The molecule has 0 spiro atoms. The van der Waals surface area contributed by atoms with Crippen LogP contribution in [0.2, 0.25) is 0 Å². The van der Waals surface area contributed by atoms with Gasteiger partial charge in [0.1, 0.15) is 6.54 Å². The Kier molecular flexibility index (Phi) is 3.45. The Hall–Kier alpha value is -2.11. The largest absolute Gasteiger partial charge is 0.481 e. The van der Waals surface area contributed by atoms with Crippen molar-refractivity contribution in [2.75, 3.05) is 13.1 Å². The van der Waals surface area contributed by atoms with E-state index in [1.54, 1.807) is 18.3 Å². The van der Waals surface area contributed by atoms with Gasteiger partial charge in [-0.3, -0.25) is 14.4 Å². The van der Waals surface area contributed by atoms with Gasteiger partial charge in [-0.05, 0) is 12.5 Å². The maximum atomic E-state index is 11.9. The lowest BCUT2D eigenvalue weighted by molar-refractivity contribution is -0.141. The van der Waals surface area contributed by atoms with E-state index in [0.717, 1.165) is 0 Å². The van der Waals surface area contributed by atoms with Gasteiger partial charge in [0.2, 0.25) is 5.91 Å². The number of aromatic nitrogens is 1. The quantitative estimate of drug-likeness (QED) is 0.804. The lowest BCUT2D eigenvalue weighted by Gasteiger charge is -2.16. The Labute approximate surface area is 103 Å². The third kappa shape index (κ3) is 2.58. The van der Waals surface area contributed by atoms with Gasteiger partial charge in [0.25, 0.3) is 5.56 Å². The van der Waals surface area contributed by atoms with E-state index in [1.807, 2.05) is 0 Å². The fraction of sp³-hybridized carbons (Fsp3) is 0.417. The molecule has 1 aliphatic rings. The predicted molar refractivity (Wildman–Crippen MR) is 63.0 cm³/mol. The first-order valence-electron chi connectivity index (χ1n) is 5.74. The minimum atomic E-state index is -0.873. The van der Waals surface area contributed by atoms with Crippen molar-refractivity contribution in [3.05, 3.63) is 34.7 Å². The number of carbonyl (C=O) groups is 2. The number of carboxylic acid groups (broad SMARTS) is 1. The molecule has 1 atom stereocenters. The molecule has 0 radical (unpaired) electrons. The molecule has 2 rings (SSSR count). The maximum Gasteiger partial charge on any atom is 0.308 e. The molecular formula is C12H14N2O4. The number of carbonyl (C=O) groups excluding carboxylic acids is 1. The second-order valence-electron chi connectivity index (χ2n) is 4.33. The van der Waals surface area contributed by atoms with Gasteiger partial charge in [0, 0.05) is 25.4 Å². The molecule has 6 heteroatoms. The van der Waals surface area contributed by atoms with Crippen LogP contribution in [0.4, 0.5) is 0 Å². The molecule has 1 aliphatic heterocycles. The monoisotopic (exact) mass is 250 g/mol. The lowest BCUT2D eigenvalue weighted by Crippen LogP contribution is -2.35. The molecule has 1 saturated heterocycles. The summed E-state index contributed by atoms with van der Waals surface area (Å²) in [7, 11) is 0. The van der Waals surface area contributed by atoms with Crippen molar-refractivity contribution in [2.45, 2.75) is 13.0 Å². The van der Waals surface area contributed by atoms with Gasteiger partial charge in [-0.15, -0.1) is 0 Å². The van der Waals surface area contributed by atoms with Crippen molar-refractivity contribution in [1.29, 1.82) is 0 Å². The number of carboxylic acids is 1. The zero-order chi connectivity index (χ0) is 13.1. The van der Waals surface area contributed by atoms with Crippen LogP contribution in [0, 0.1) is 5.92 Å². The van der Waals surface area contributed by atoms with E-state index in [0.29, 0.717) is 13.0 Å². The number of hydrogen-bond acceptors (Lipinski definition) is 3. The summed E-state index contributed by atoms with van der Waals surface area (Å²) < 4.78 is 1.32. The fourth-order valence-corrected chi connectivity index (χ4v) is 2.03. The van der Waals surface area contributed by atoms with Crippen LogP contribution in [-0.2, 0) is 16.1 Å². The molecule has 1 aromatic heterocycles. The second-order valence-corrected chi connectivity index (χ2v) is 4.33. The molecule has 1 aromatic rings. The van der Waals surface area contributed by atoms with E-state index in [-0.39, 0.29) is 24.6 Å². The van der Waals surface area contributed by atoms with E-state index in [1.165, 1.54) is 15.5 Å². The van der Waals surface area contributed by atoms with Crippen LogP contribution in [-0.4, -0.2) is 39.5 Å². The highest BCUT2D eigenvalue weighted by Crippen LogP contribution is 2.16. The van der Waals surface area contributed by atoms with Crippen LogP contribution in [0.15, 0.2) is 29.2 Å². The molecule has 1 fully saturated rings. The Bertz CT molecular complexity index is 523. The highest BCUT2D eigenvalue weighted by atomic mass is 16.4. The third-order valence-electron chi connectivity index (χ3n) is 3.09. The summed E-state index contributed by atoms with van der Waals surface area (Å²) in [6.45, 7) is 0.638. The van der Waals surface area contributed by atoms with E-state index >= 15 is 0 Å². The maximum absolute atomic E-state index is 11.9. The Morgan fingerprint density at radius 1 is 1.39 bits per heavy atom. The smallest absolute Gasteiger partial charge is 0.308 e. The van der Waals surface area contributed by atoms with Crippen molar-refractivity contribution in [1.82, 2.24) is 9.47 Å². The minimum Gasteiger partial charge on any atom is -0.481 e. The number of nitrogens with zero attached hydrogens (tertiary/aromatic N) is 2. The Morgan fingerprint density at radius 2 is 2.17 bits per heavy atom. The van der Waals surface area contributed by atoms with Crippen molar-refractivity contribution in [2.24, 2.45) is 5.92 Å². The van der Waals surface area contributed by atoms with Crippen LogP contribution in [0.5, 0.6) is 0 Å². The fourth-order valence-electron chi connectivity index (χ4n) is 2.03. The van der Waals surface area contributed by atoms with Gasteiger partial charge in [0.05, 0.1) is 5.92 Å². The highest BCUT2D eigenvalue weighted by Gasteiger charge is 2.30. The van der Waals surface area contributed by atoms with E-state index in [4.69, 9.17) is 5.11 Å². The number of pyridine rings is 1. The number of rotatable bonds is 3. The third-order valence-corrected chi connectivity index (χ3v) is 3.09. The second kappa shape index (κ2) is 5.03. The lowest BCUT2D eigenvalue weighted by atomic mass is 10.1. The van der Waals surface area contributed by atoms with Gasteiger partial charge in [0.15, 0.2) is 0 Å². The Balaban J connectivity index is 2.00. The molecule has 1 N–H and O–H groups in total. The molecule has 0 unspecified atom stereocenters. The van der Waals surface area contributed by atoms with Gasteiger partial charge in [-0.1, -0.05) is 6.07 Å². The minimum absolute atomic E-state index is 0.0357. The summed E-state index contributed by atoms with van der Waals surface area (Å²) >= 11 is 0. The molecule has 0 saturated carbocycles. The van der Waals surface area contributed by atoms with Crippen LogP contribution in [0.1, 0.15) is 6.42 Å². The van der Waals surface area contributed by atoms with Gasteiger partial charge >= 0.3 is 5.97 Å². The predicted octanol–water partition coefficient (Wildman–Crippen LogP) is -0.219. The van der Waals surface area contributed by atoms with Crippen molar-refractivity contribution in [3.63, 3.8) is 0 Å². The molecule has 0 aromatic carbocycles. The topological polar surface area (TPSA) is 79.6 Å². The SMILES string of the molecule is O=C(O)[C@@H]1CCN(C(=O)Cn2ccccc2=O)C1. The van der Waals surface area contributed by atoms with Gasteiger partial charge < -0.3 is 14.6 Å². The average Bonchev–Trinajstić information content (AvgIpc) is 2.81. The van der Waals surface area contributed by atoms with Crippen LogP contribution in [0.3, 0.4) is 0 Å². The van der Waals surface area contributed by atoms with Gasteiger partial charge in [-0.25, -0.2) is 0 Å².